The Labute approximate surface area is 178 Å². The van der Waals surface area contributed by atoms with Gasteiger partial charge in [0.1, 0.15) is 22.5 Å². The lowest BCUT2D eigenvalue weighted by atomic mass is 10.1. The molecule has 0 saturated heterocycles. The summed E-state index contributed by atoms with van der Waals surface area (Å²) in [7, 11) is 2.99. The van der Waals surface area contributed by atoms with Gasteiger partial charge < -0.3 is 14.8 Å². The molecule has 1 atom stereocenters. The first-order valence-corrected chi connectivity index (χ1v) is 9.97. The summed E-state index contributed by atoms with van der Waals surface area (Å²) in [6, 6.07) is 11.9. The molecular weight excluding hydrogens is 404 g/mol. The lowest BCUT2D eigenvalue weighted by molar-refractivity contribution is -0.117. The molecule has 2 aromatic carbocycles. The van der Waals surface area contributed by atoms with E-state index in [0.717, 1.165) is 11.1 Å². The van der Waals surface area contributed by atoms with Crippen LogP contribution in [0.1, 0.15) is 22.8 Å². The largest absolute Gasteiger partial charge is 0.497 e. The Kier molecular flexibility index (Phi) is 6.63. The summed E-state index contributed by atoms with van der Waals surface area (Å²) in [6.07, 6.45) is 0. The smallest absolute Gasteiger partial charge is 0.255 e. The number of carbonyl (C=O) groups excluding carboxylic acids is 2. The van der Waals surface area contributed by atoms with Gasteiger partial charge in [-0.15, -0.1) is 10.2 Å². The van der Waals surface area contributed by atoms with Gasteiger partial charge in [-0.3, -0.25) is 14.9 Å². The zero-order valence-corrected chi connectivity index (χ0v) is 17.9. The number of ether oxygens (including phenoxy) is 2. The molecule has 3 rings (SSSR count). The highest BCUT2D eigenvalue weighted by molar-refractivity contribution is 7.18. The maximum absolute atomic E-state index is 12.6. The number of carbonyl (C=O) groups is 2. The molecule has 3 aromatic rings. The Hall–Kier alpha value is -3.46. The van der Waals surface area contributed by atoms with E-state index in [4.69, 9.17) is 9.47 Å². The van der Waals surface area contributed by atoms with Crippen LogP contribution >= 0.6 is 11.3 Å². The first-order chi connectivity index (χ1) is 14.4. The number of anilines is 1. The maximum atomic E-state index is 12.6. The maximum Gasteiger partial charge on any atom is 0.255 e. The standard InChI is InChI=1S/C21H22N4O4S/c1-12-5-7-14(8-6-12)20-24-25-21(30-20)23-18(26)13(2)22-19(27)16-10-9-15(28-3)11-17(16)29-4/h5-11,13H,1-4H3,(H,22,27)(H,23,25,26). The van der Waals surface area contributed by atoms with Crippen molar-refractivity contribution in [3.63, 3.8) is 0 Å². The molecule has 0 fully saturated rings. The quantitative estimate of drug-likeness (QED) is 0.601. The first kappa shape index (κ1) is 21.3. The average molecular weight is 426 g/mol. The van der Waals surface area contributed by atoms with Crippen LogP contribution in [0.15, 0.2) is 42.5 Å². The zero-order chi connectivity index (χ0) is 21.7. The average Bonchev–Trinajstić information content (AvgIpc) is 3.21. The third kappa shape index (κ3) is 4.93. The van der Waals surface area contributed by atoms with Crippen LogP contribution in [0.25, 0.3) is 10.6 Å². The van der Waals surface area contributed by atoms with Gasteiger partial charge in [-0.05, 0) is 26.0 Å². The van der Waals surface area contributed by atoms with Crippen molar-refractivity contribution in [2.24, 2.45) is 0 Å². The van der Waals surface area contributed by atoms with Crippen LogP contribution in [0.5, 0.6) is 11.5 Å². The number of amides is 2. The van der Waals surface area contributed by atoms with Gasteiger partial charge in [-0.2, -0.15) is 0 Å². The number of nitrogens with zero attached hydrogens (tertiary/aromatic N) is 2. The van der Waals surface area contributed by atoms with Crippen LogP contribution < -0.4 is 20.1 Å². The van der Waals surface area contributed by atoms with Gasteiger partial charge in [0, 0.05) is 11.6 Å². The molecule has 1 aromatic heterocycles. The summed E-state index contributed by atoms with van der Waals surface area (Å²) < 4.78 is 10.4. The molecule has 2 N–H and O–H groups in total. The molecule has 156 valence electrons. The van der Waals surface area contributed by atoms with E-state index in [0.29, 0.717) is 27.2 Å². The van der Waals surface area contributed by atoms with Crippen molar-refractivity contribution in [1.29, 1.82) is 0 Å². The second-order valence-corrected chi connectivity index (χ2v) is 7.51. The van der Waals surface area contributed by atoms with Crippen molar-refractivity contribution in [1.82, 2.24) is 15.5 Å². The van der Waals surface area contributed by atoms with Gasteiger partial charge in [0.2, 0.25) is 11.0 Å². The SMILES string of the molecule is COc1ccc(C(=O)NC(C)C(=O)Nc2nnc(-c3ccc(C)cc3)s2)c(OC)c1. The van der Waals surface area contributed by atoms with Crippen molar-refractivity contribution < 1.29 is 19.1 Å². The molecule has 0 saturated carbocycles. The van der Waals surface area contributed by atoms with E-state index in [2.05, 4.69) is 20.8 Å². The Morgan fingerprint density at radius 1 is 1.03 bits per heavy atom. The number of methoxy groups -OCH3 is 2. The number of aryl methyl sites for hydroxylation is 1. The molecule has 9 heteroatoms. The molecule has 0 bridgehead atoms. The van der Waals surface area contributed by atoms with Crippen LogP contribution in [-0.4, -0.2) is 42.3 Å². The number of benzene rings is 2. The molecule has 30 heavy (non-hydrogen) atoms. The predicted octanol–water partition coefficient (Wildman–Crippen LogP) is 3.29. The Balaban J connectivity index is 1.64. The summed E-state index contributed by atoms with van der Waals surface area (Å²) in [5, 5.41) is 14.5. The normalized spacial score (nSPS) is 11.5. The topological polar surface area (TPSA) is 102 Å². The van der Waals surface area contributed by atoms with E-state index in [1.807, 2.05) is 31.2 Å². The molecular formula is C21H22N4O4S. The monoisotopic (exact) mass is 426 g/mol. The first-order valence-electron chi connectivity index (χ1n) is 9.15. The van der Waals surface area contributed by atoms with Crippen LogP contribution in [0, 0.1) is 6.92 Å². The molecule has 0 spiro atoms. The van der Waals surface area contributed by atoms with Crippen LogP contribution in [0.4, 0.5) is 5.13 Å². The lowest BCUT2D eigenvalue weighted by Gasteiger charge is -2.15. The molecule has 1 unspecified atom stereocenters. The minimum absolute atomic E-state index is 0.301. The van der Waals surface area contributed by atoms with Gasteiger partial charge >= 0.3 is 0 Å². The molecule has 0 aliphatic heterocycles. The van der Waals surface area contributed by atoms with Crippen LogP contribution in [0.3, 0.4) is 0 Å². The number of nitrogens with one attached hydrogen (secondary N) is 2. The molecule has 8 nitrogen and oxygen atoms in total. The van der Waals surface area contributed by atoms with E-state index in [9.17, 15) is 9.59 Å². The van der Waals surface area contributed by atoms with E-state index in [1.165, 1.54) is 25.6 Å². The third-order valence-electron chi connectivity index (χ3n) is 4.35. The van der Waals surface area contributed by atoms with Gasteiger partial charge in [-0.1, -0.05) is 41.2 Å². The van der Waals surface area contributed by atoms with Crippen molar-refractivity contribution in [3.8, 4) is 22.1 Å². The van der Waals surface area contributed by atoms with Crippen molar-refractivity contribution in [3.05, 3.63) is 53.6 Å². The van der Waals surface area contributed by atoms with Gasteiger partial charge in [-0.25, -0.2) is 0 Å². The van der Waals surface area contributed by atoms with Gasteiger partial charge in [0.25, 0.3) is 5.91 Å². The van der Waals surface area contributed by atoms with Crippen molar-refractivity contribution >= 4 is 28.3 Å². The van der Waals surface area contributed by atoms with Crippen LogP contribution in [-0.2, 0) is 4.79 Å². The van der Waals surface area contributed by atoms with Crippen LogP contribution in [0.2, 0.25) is 0 Å². The fourth-order valence-electron chi connectivity index (χ4n) is 2.63. The zero-order valence-electron chi connectivity index (χ0n) is 17.1. The highest BCUT2D eigenvalue weighted by Gasteiger charge is 2.21. The summed E-state index contributed by atoms with van der Waals surface area (Å²) >= 11 is 1.26. The van der Waals surface area contributed by atoms with E-state index in [-0.39, 0.29) is 0 Å². The second kappa shape index (κ2) is 9.36. The molecule has 1 heterocycles. The minimum atomic E-state index is -0.795. The summed E-state index contributed by atoms with van der Waals surface area (Å²) in [4.78, 5) is 25.1. The number of hydrogen-bond acceptors (Lipinski definition) is 7. The Morgan fingerprint density at radius 3 is 2.43 bits per heavy atom. The Morgan fingerprint density at radius 2 is 1.77 bits per heavy atom. The highest BCUT2D eigenvalue weighted by Crippen LogP contribution is 2.27. The highest BCUT2D eigenvalue weighted by atomic mass is 32.1. The van der Waals surface area contributed by atoms with E-state index in [1.54, 1.807) is 25.1 Å². The number of rotatable bonds is 7. The lowest BCUT2D eigenvalue weighted by Crippen LogP contribution is -2.41. The van der Waals surface area contributed by atoms with Crippen molar-refractivity contribution in [2.45, 2.75) is 19.9 Å². The van der Waals surface area contributed by atoms with Gasteiger partial charge in [0.05, 0.1) is 19.8 Å². The van der Waals surface area contributed by atoms with Crippen molar-refractivity contribution in [2.75, 3.05) is 19.5 Å². The van der Waals surface area contributed by atoms with Gasteiger partial charge in [0.15, 0.2) is 0 Å². The molecule has 0 radical (unpaired) electrons. The fraction of sp³-hybridized carbons (Fsp3) is 0.238. The summed E-state index contributed by atoms with van der Waals surface area (Å²) in [6.45, 7) is 3.60. The third-order valence-corrected chi connectivity index (χ3v) is 5.24. The molecule has 0 aliphatic carbocycles. The summed E-state index contributed by atoms with van der Waals surface area (Å²) in [5.41, 5.74) is 2.37. The Bertz CT molecular complexity index is 1050. The van der Waals surface area contributed by atoms with E-state index >= 15 is 0 Å². The number of aromatic nitrogens is 2. The predicted molar refractivity (Wildman–Crippen MR) is 115 cm³/mol. The minimum Gasteiger partial charge on any atom is -0.497 e. The van der Waals surface area contributed by atoms with E-state index < -0.39 is 17.9 Å². The number of hydrogen-bond donors (Lipinski definition) is 2. The molecule has 0 aliphatic rings. The second-order valence-electron chi connectivity index (χ2n) is 6.53. The summed E-state index contributed by atoms with van der Waals surface area (Å²) in [5.74, 6) is 0.0818. The molecule has 2 amide bonds. The fourth-order valence-corrected chi connectivity index (χ4v) is 3.38.